The van der Waals surface area contributed by atoms with Gasteiger partial charge in [0.25, 0.3) is 5.91 Å². The molecule has 0 bridgehead atoms. The summed E-state index contributed by atoms with van der Waals surface area (Å²) >= 11 is 0. The average Bonchev–Trinajstić information content (AvgIpc) is 2.43. The molecule has 1 aromatic carbocycles. The molecule has 4 N–H and O–H groups in total. The number of carboxylic acids is 1. The van der Waals surface area contributed by atoms with Crippen molar-refractivity contribution < 1.29 is 27.9 Å². The quantitative estimate of drug-likeness (QED) is 0.563. The third-order valence-corrected chi connectivity index (χ3v) is 3.48. The Morgan fingerprint density at radius 3 is 2.33 bits per heavy atom. The molecule has 9 nitrogen and oxygen atoms in total. The number of aliphatic carboxylic acids is 1. The van der Waals surface area contributed by atoms with Gasteiger partial charge < -0.3 is 15.7 Å². The fourth-order valence-corrected chi connectivity index (χ4v) is 2.45. The summed E-state index contributed by atoms with van der Waals surface area (Å²) in [6.45, 7) is 2.86. The van der Waals surface area contributed by atoms with Crippen molar-refractivity contribution in [2.75, 3.05) is 16.3 Å². The molecule has 0 aliphatic carbocycles. The van der Waals surface area contributed by atoms with E-state index in [2.05, 4.69) is 15.4 Å². The monoisotopic (exact) mass is 357 g/mol. The lowest BCUT2D eigenvalue weighted by molar-refractivity contribution is -0.139. The number of rotatable bonds is 7. The van der Waals surface area contributed by atoms with Gasteiger partial charge in [-0.3, -0.25) is 14.3 Å². The number of hydrogen-bond donors (Lipinski definition) is 4. The number of benzene rings is 1. The van der Waals surface area contributed by atoms with E-state index >= 15 is 0 Å². The van der Waals surface area contributed by atoms with Crippen LogP contribution in [0.3, 0.4) is 0 Å². The Hall–Kier alpha value is -2.62. The molecule has 132 valence electrons. The van der Waals surface area contributed by atoms with Gasteiger partial charge >= 0.3 is 5.97 Å². The minimum Gasteiger partial charge on any atom is -0.480 e. The lowest BCUT2D eigenvalue weighted by Gasteiger charge is -2.16. The smallest absolute Gasteiger partial charge is 0.326 e. The van der Waals surface area contributed by atoms with Crippen LogP contribution in [0.1, 0.15) is 30.6 Å². The second-order valence-corrected chi connectivity index (χ2v) is 6.84. The highest BCUT2D eigenvalue weighted by Crippen LogP contribution is 2.22. The fourth-order valence-electron chi connectivity index (χ4n) is 1.88. The number of hydrogen-bond acceptors (Lipinski definition) is 5. The average molecular weight is 357 g/mol. The normalized spacial score (nSPS) is 12.1. The summed E-state index contributed by atoms with van der Waals surface area (Å²) in [6.07, 6.45) is 1.07. The number of sulfonamides is 1. The second kappa shape index (κ2) is 7.77. The molecular formula is C14H19N3O6S. The van der Waals surface area contributed by atoms with Gasteiger partial charge in [-0.25, -0.2) is 13.2 Å². The molecule has 0 saturated heterocycles. The van der Waals surface area contributed by atoms with Gasteiger partial charge in [0.1, 0.15) is 6.04 Å². The Bertz CT molecular complexity index is 760. The van der Waals surface area contributed by atoms with Crippen LogP contribution in [0.2, 0.25) is 0 Å². The van der Waals surface area contributed by atoms with Crippen molar-refractivity contribution in [1.29, 1.82) is 0 Å². The van der Waals surface area contributed by atoms with E-state index in [1.165, 1.54) is 25.1 Å². The molecule has 10 heteroatoms. The molecule has 1 rings (SSSR count). The van der Waals surface area contributed by atoms with Crippen molar-refractivity contribution in [3.05, 3.63) is 23.8 Å². The summed E-state index contributed by atoms with van der Waals surface area (Å²) in [5.74, 6) is -2.36. The van der Waals surface area contributed by atoms with Crippen LogP contribution in [0.25, 0.3) is 0 Å². The number of carbonyl (C=O) groups excluding carboxylic acids is 2. The summed E-state index contributed by atoms with van der Waals surface area (Å²) in [6, 6.07) is 2.87. The molecule has 0 radical (unpaired) electrons. The maximum absolute atomic E-state index is 12.3. The molecule has 0 fully saturated rings. The van der Waals surface area contributed by atoms with Crippen molar-refractivity contribution in [1.82, 2.24) is 5.32 Å². The maximum atomic E-state index is 12.3. The van der Waals surface area contributed by atoms with Crippen LogP contribution in [0.4, 0.5) is 11.4 Å². The van der Waals surface area contributed by atoms with Gasteiger partial charge in [0.05, 0.1) is 17.5 Å². The first-order valence-corrected chi connectivity index (χ1v) is 8.85. The Morgan fingerprint density at radius 1 is 1.25 bits per heavy atom. The topological polar surface area (TPSA) is 142 Å². The zero-order valence-corrected chi connectivity index (χ0v) is 14.2. The van der Waals surface area contributed by atoms with Crippen molar-refractivity contribution in [3.63, 3.8) is 0 Å². The van der Waals surface area contributed by atoms with Crippen LogP contribution in [-0.2, 0) is 19.6 Å². The molecule has 1 atom stereocenters. The first kappa shape index (κ1) is 19.4. The van der Waals surface area contributed by atoms with E-state index in [4.69, 9.17) is 5.11 Å². The minimum atomic E-state index is -3.65. The van der Waals surface area contributed by atoms with E-state index in [0.717, 1.165) is 6.26 Å². The standard InChI is InChI=1S/C14H19N3O6S/c1-4-11(14(20)21)16-13(19)10-7-9(15-8(2)18)5-6-12(10)17-24(3,22)23/h5-7,11,17H,4H2,1-3H3,(H,15,18)(H,16,19)(H,20,21). The van der Waals surface area contributed by atoms with E-state index < -0.39 is 27.9 Å². The molecule has 0 spiro atoms. The lowest BCUT2D eigenvalue weighted by atomic mass is 10.1. The van der Waals surface area contributed by atoms with E-state index in [9.17, 15) is 22.8 Å². The molecule has 1 unspecified atom stereocenters. The second-order valence-electron chi connectivity index (χ2n) is 5.09. The van der Waals surface area contributed by atoms with Crippen molar-refractivity contribution >= 4 is 39.2 Å². The summed E-state index contributed by atoms with van der Waals surface area (Å²) in [5, 5.41) is 13.8. The van der Waals surface area contributed by atoms with Crippen LogP contribution in [0.5, 0.6) is 0 Å². The van der Waals surface area contributed by atoms with Gasteiger partial charge in [0.15, 0.2) is 0 Å². The highest BCUT2D eigenvalue weighted by Gasteiger charge is 2.21. The molecule has 0 aliphatic heterocycles. The largest absolute Gasteiger partial charge is 0.480 e. The van der Waals surface area contributed by atoms with E-state index in [0.29, 0.717) is 0 Å². The predicted molar refractivity (Wildman–Crippen MR) is 88.4 cm³/mol. The molecule has 24 heavy (non-hydrogen) atoms. The molecule has 2 amide bonds. The Balaban J connectivity index is 3.25. The minimum absolute atomic E-state index is 0.0238. The first-order valence-electron chi connectivity index (χ1n) is 6.96. The molecular weight excluding hydrogens is 338 g/mol. The van der Waals surface area contributed by atoms with Crippen molar-refractivity contribution in [2.24, 2.45) is 0 Å². The van der Waals surface area contributed by atoms with E-state index in [1.54, 1.807) is 6.92 Å². The summed E-state index contributed by atoms with van der Waals surface area (Å²) < 4.78 is 25.0. The summed E-state index contributed by atoms with van der Waals surface area (Å²) in [7, 11) is -3.65. The van der Waals surface area contributed by atoms with Crippen LogP contribution in [0, 0.1) is 0 Å². The van der Waals surface area contributed by atoms with Crippen LogP contribution in [-0.4, -0.2) is 43.6 Å². The van der Waals surface area contributed by atoms with Gasteiger partial charge in [0.2, 0.25) is 15.9 Å². The third kappa shape index (κ3) is 5.88. The lowest BCUT2D eigenvalue weighted by Crippen LogP contribution is -2.40. The van der Waals surface area contributed by atoms with E-state index in [1.807, 2.05) is 0 Å². The van der Waals surface area contributed by atoms with Gasteiger partial charge in [-0.2, -0.15) is 0 Å². The third-order valence-electron chi connectivity index (χ3n) is 2.89. The van der Waals surface area contributed by atoms with E-state index in [-0.39, 0.29) is 29.3 Å². The molecule has 0 heterocycles. The molecule has 0 aliphatic rings. The van der Waals surface area contributed by atoms with Crippen LogP contribution < -0.4 is 15.4 Å². The molecule has 0 aromatic heterocycles. The predicted octanol–water partition coefficient (Wildman–Crippen LogP) is 0.609. The number of nitrogens with one attached hydrogen (secondary N) is 3. The van der Waals surface area contributed by atoms with Crippen LogP contribution >= 0.6 is 0 Å². The summed E-state index contributed by atoms with van der Waals surface area (Å²) in [5.41, 5.74) is 0.144. The van der Waals surface area contributed by atoms with Crippen LogP contribution in [0.15, 0.2) is 18.2 Å². The first-order chi connectivity index (χ1) is 11.0. The molecule has 1 aromatic rings. The molecule has 0 saturated carbocycles. The van der Waals surface area contributed by atoms with Crippen molar-refractivity contribution in [2.45, 2.75) is 26.3 Å². The highest BCUT2D eigenvalue weighted by molar-refractivity contribution is 7.92. The number of carbonyl (C=O) groups is 3. The highest BCUT2D eigenvalue weighted by atomic mass is 32.2. The van der Waals surface area contributed by atoms with Gasteiger partial charge in [0, 0.05) is 12.6 Å². The van der Waals surface area contributed by atoms with Gasteiger partial charge in [-0.1, -0.05) is 6.92 Å². The fraction of sp³-hybridized carbons (Fsp3) is 0.357. The SMILES string of the molecule is CCC(NC(=O)c1cc(NC(C)=O)ccc1NS(C)(=O)=O)C(=O)O. The number of anilines is 2. The Morgan fingerprint density at radius 2 is 1.88 bits per heavy atom. The summed E-state index contributed by atoms with van der Waals surface area (Å²) in [4.78, 5) is 34.5. The Kier molecular flexibility index (Phi) is 6.29. The van der Waals surface area contributed by atoms with Gasteiger partial charge in [-0.15, -0.1) is 0 Å². The Labute approximate surface area is 139 Å². The van der Waals surface area contributed by atoms with Gasteiger partial charge in [-0.05, 0) is 24.6 Å². The number of carboxylic acid groups (broad SMARTS) is 1. The zero-order chi connectivity index (χ0) is 18.5. The zero-order valence-electron chi connectivity index (χ0n) is 13.4. The number of amides is 2. The maximum Gasteiger partial charge on any atom is 0.326 e. The van der Waals surface area contributed by atoms with Crippen molar-refractivity contribution in [3.8, 4) is 0 Å².